The highest BCUT2D eigenvalue weighted by Gasteiger charge is 2.47. The number of rotatable bonds is 8. The molecule has 0 bridgehead atoms. The van der Waals surface area contributed by atoms with Crippen molar-refractivity contribution in [2.24, 2.45) is 5.92 Å². The average Bonchev–Trinajstić information content (AvgIpc) is 2.46. The first-order valence-electron chi connectivity index (χ1n) is 9.10. The molecule has 3 nitrogen and oxygen atoms in total. The Morgan fingerprint density at radius 2 is 2.10 bits per heavy atom. The van der Waals surface area contributed by atoms with Gasteiger partial charge in [0.2, 0.25) is 0 Å². The van der Waals surface area contributed by atoms with Crippen LogP contribution in [-0.2, 0) is 9.47 Å². The highest BCUT2D eigenvalue weighted by atomic mass is 16.5. The summed E-state index contributed by atoms with van der Waals surface area (Å²) in [5.41, 5.74) is 0.160. The molecule has 0 aromatic carbocycles. The van der Waals surface area contributed by atoms with Crippen LogP contribution in [0.25, 0.3) is 0 Å². The lowest BCUT2D eigenvalue weighted by atomic mass is 9.68. The minimum Gasteiger partial charge on any atom is -0.375 e. The predicted molar refractivity (Wildman–Crippen MR) is 87.7 cm³/mol. The molecule has 124 valence electrons. The van der Waals surface area contributed by atoms with Gasteiger partial charge in [0.05, 0.1) is 11.2 Å². The summed E-state index contributed by atoms with van der Waals surface area (Å²) in [6.45, 7) is 11.7. The summed E-state index contributed by atoms with van der Waals surface area (Å²) < 4.78 is 12.3. The fourth-order valence-corrected chi connectivity index (χ4v) is 4.19. The Morgan fingerprint density at radius 3 is 2.62 bits per heavy atom. The zero-order chi connectivity index (χ0) is 15.3. The van der Waals surface area contributed by atoms with Crippen molar-refractivity contribution in [3.05, 3.63) is 0 Å². The Balaban J connectivity index is 2.10. The maximum atomic E-state index is 6.21. The molecule has 21 heavy (non-hydrogen) atoms. The van der Waals surface area contributed by atoms with Crippen molar-refractivity contribution in [1.82, 2.24) is 5.32 Å². The van der Waals surface area contributed by atoms with Gasteiger partial charge in [0, 0.05) is 19.3 Å². The molecular formula is C18H35NO2. The Morgan fingerprint density at radius 1 is 1.33 bits per heavy atom. The molecule has 1 aliphatic carbocycles. The maximum Gasteiger partial charge on any atom is 0.0806 e. The van der Waals surface area contributed by atoms with Crippen molar-refractivity contribution < 1.29 is 9.47 Å². The summed E-state index contributed by atoms with van der Waals surface area (Å²) in [4.78, 5) is 0. The van der Waals surface area contributed by atoms with Crippen LogP contribution >= 0.6 is 0 Å². The van der Waals surface area contributed by atoms with Crippen LogP contribution in [0.3, 0.4) is 0 Å². The molecule has 1 spiro atoms. The average molecular weight is 297 g/mol. The highest BCUT2D eigenvalue weighted by Crippen LogP contribution is 2.46. The fourth-order valence-electron chi connectivity index (χ4n) is 4.19. The van der Waals surface area contributed by atoms with Gasteiger partial charge in [-0.1, -0.05) is 13.8 Å². The van der Waals surface area contributed by atoms with Gasteiger partial charge in [-0.2, -0.15) is 0 Å². The third-order valence-electron chi connectivity index (χ3n) is 5.72. The SMILES string of the molecule is CCCNC(C1CCOC2(CCC2)C1)C(C)(CC)OCC. The first kappa shape index (κ1) is 17.2. The van der Waals surface area contributed by atoms with E-state index in [0.717, 1.165) is 26.2 Å². The Labute approximate surface area is 131 Å². The lowest BCUT2D eigenvalue weighted by molar-refractivity contribution is -0.162. The Bertz CT molecular complexity index is 316. The summed E-state index contributed by atoms with van der Waals surface area (Å²) in [6, 6.07) is 0.448. The van der Waals surface area contributed by atoms with Gasteiger partial charge >= 0.3 is 0 Å². The second-order valence-electron chi connectivity index (χ2n) is 7.17. The molecule has 0 radical (unpaired) electrons. The van der Waals surface area contributed by atoms with Crippen LogP contribution in [0.1, 0.15) is 72.6 Å². The van der Waals surface area contributed by atoms with E-state index in [0.29, 0.717) is 12.0 Å². The van der Waals surface area contributed by atoms with Crippen LogP contribution in [0.4, 0.5) is 0 Å². The largest absolute Gasteiger partial charge is 0.375 e. The minimum atomic E-state index is -0.0587. The smallest absolute Gasteiger partial charge is 0.0806 e. The molecule has 2 rings (SSSR count). The van der Waals surface area contributed by atoms with Gasteiger partial charge in [0.15, 0.2) is 0 Å². The molecule has 3 atom stereocenters. The lowest BCUT2D eigenvalue weighted by Crippen LogP contribution is -2.58. The second-order valence-corrected chi connectivity index (χ2v) is 7.17. The summed E-state index contributed by atoms with van der Waals surface area (Å²) in [6.07, 6.45) is 8.51. The zero-order valence-electron chi connectivity index (χ0n) is 14.5. The fraction of sp³-hybridized carbons (Fsp3) is 1.00. The van der Waals surface area contributed by atoms with E-state index in [-0.39, 0.29) is 11.2 Å². The van der Waals surface area contributed by atoms with E-state index in [1.807, 2.05) is 0 Å². The molecule has 1 heterocycles. The van der Waals surface area contributed by atoms with E-state index in [1.165, 1.54) is 38.5 Å². The molecule has 1 saturated heterocycles. The van der Waals surface area contributed by atoms with Gasteiger partial charge in [0.25, 0.3) is 0 Å². The molecule has 1 N–H and O–H groups in total. The lowest BCUT2D eigenvalue weighted by Gasteiger charge is -2.51. The van der Waals surface area contributed by atoms with Gasteiger partial charge in [-0.15, -0.1) is 0 Å². The second kappa shape index (κ2) is 7.43. The van der Waals surface area contributed by atoms with Crippen LogP contribution in [-0.4, -0.2) is 37.0 Å². The molecule has 2 aliphatic rings. The van der Waals surface area contributed by atoms with Crippen molar-refractivity contribution >= 4 is 0 Å². The summed E-state index contributed by atoms with van der Waals surface area (Å²) in [7, 11) is 0. The topological polar surface area (TPSA) is 30.5 Å². The van der Waals surface area contributed by atoms with E-state index in [2.05, 4.69) is 33.0 Å². The summed E-state index contributed by atoms with van der Waals surface area (Å²) in [5, 5.41) is 3.82. The third kappa shape index (κ3) is 3.80. The van der Waals surface area contributed by atoms with Crippen molar-refractivity contribution in [1.29, 1.82) is 0 Å². The standard InChI is InChI=1S/C18H35NO2/c1-5-12-19-16(17(4,6-2)20-7-3)15-9-13-21-18(14-15)10-8-11-18/h15-16,19H,5-14H2,1-4H3. The van der Waals surface area contributed by atoms with Crippen LogP contribution < -0.4 is 5.32 Å². The molecule has 0 aromatic rings. The Kier molecular flexibility index (Phi) is 6.10. The molecule has 0 aromatic heterocycles. The van der Waals surface area contributed by atoms with Crippen molar-refractivity contribution in [3.63, 3.8) is 0 Å². The van der Waals surface area contributed by atoms with Crippen LogP contribution in [0.5, 0.6) is 0 Å². The van der Waals surface area contributed by atoms with Crippen LogP contribution in [0, 0.1) is 5.92 Å². The van der Waals surface area contributed by atoms with E-state index in [1.54, 1.807) is 0 Å². The molecule has 0 amide bonds. The Hall–Kier alpha value is -0.120. The van der Waals surface area contributed by atoms with Gasteiger partial charge in [-0.05, 0) is 71.3 Å². The van der Waals surface area contributed by atoms with E-state index >= 15 is 0 Å². The third-order valence-corrected chi connectivity index (χ3v) is 5.72. The predicted octanol–water partition coefficient (Wildman–Crippen LogP) is 3.91. The van der Waals surface area contributed by atoms with Crippen molar-refractivity contribution in [2.75, 3.05) is 19.8 Å². The number of nitrogens with one attached hydrogen (secondary N) is 1. The normalized spacial score (nSPS) is 28.9. The first-order valence-corrected chi connectivity index (χ1v) is 9.10. The van der Waals surface area contributed by atoms with Gasteiger partial charge in [-0.3, -0.25) is 0 Å². The number of ether oxygens (including phenoxy) is 2. The van der Waals surface area contributed by atoms with E-state index in [9.17, 15) is 0 Å². The summed E-state index contributed by atoms with van der Waals surface area (Å²) >= 11 is 0. The summed E-state index contributed by atoms with van der Waals surface area (Å²) in [5.74, 6) is 0.682. The number of hydrogen-bond donors (Lipinski definition) is 1. The van der Waals surface area contributed by atoms with Gasteiger partial charge in [-0.25, -0.2) is 0 Å². The first-order chi connectivity index (χ1) is 10.1. The maximum absolute atomic E-state index is 6.21. The van der Waals surface area contributed by atoms with Crippen molar-refractivity contribution in [3.8, 4) is 0 Å². The monoisotopic (exact) mass is 297 g/mol. The van der Waals surface area contributed by atoms with Gasteiger partial charge < -0.3 is 14.8 Å². The quantitative estimate of drug-likeness (QED) is 0.737. The molecule has 2 fully saturated rings. The highest BCUT2D eigenvalue weighted by molar-refractivity contribution is 5.01. The van der Waals surface area contributed by atoms with E-state index in [4.69, 9.17) is 9.47 Å². The van der Waals surface area contributed by atoms with Crippen LogP contribution in [0.2, 0.25) is 0 Å². The van der Waals surface area contributed by atoms with Crippen LogP contribution in [0.15, 0.2) is 0 Å². The molecule has 3 unspecified atom stereocenters. The number of hydrogen-bond acceptors (Lipinski definition) is 3. The molecule has 1 aliphatic heterocycles. The molecule has 1 saturated carbocycles. The van der Waals surface area contributed by atoms with E-state index < -0.39 is 0 Å². The zero-order valence-corrected chi connectivity index (χ0v) is 14.5. The molecule has 3 heteroatoms. The molecular weight excluding hydrogens is 262 g/mol. The van der Waals surface area contributed by atoms with Crippen molar-refractivity contribution in [2.45, 2.75) is 89.9 Å². The minimum absolute atomic E-state index is 0.0587. The van der Waals surface area contributed by atoms with Gasteiger partial charge in [0.1, 0.15) is 0 Å².